The number of anilines is 1. The molecule has 28 heavy (non-hydrogen) atoms. The molecule has 0 aliphatic rings. The van der Waals surface area contributed by atoms with E-state index < -0.39 is 18.3 Å². The highest BCUT2D eigenvalue weighted by molar-refractivity contribution is 7.54. The van der Waals surface area contributed by atoms with Gasteiger partial charge in [0.25, 0.3) is 5.69 Å². The van der Waals surface area contributed by atoms with Crippen LogP contribution in [0.2, 0.25) is 0 Å². The van der Waals surface area contributed by atoms with Crippen LogP contribution < -0.4 is 5.32 Å². The van der Waals surface area contributed by atoms with Crippen molar-refractivity contribution in [2.75, 3.05) is 5.32 Å². The molecule has 0 saturated carbocycles. The molecule has 2 aromatic carbocycles. The molecule has 0 bridgehead atoms. The first-order valence-corrected chi connectivity index (χ1v) is 10.5. The van der Waals surface area contributed by atoms with Crippen LogP contribution >= 0.6 is 7.60 Å². The molecule has 0 saturated heterocycles. The Morgan fingerprint density at radius 2 is 1.46 bits per heavy atom. The number of phenols is 1. The second-order valence-electron chi connectivity index (χ2n) is 6.79. The van der Waals surface area contributed by atoms with Crippen LogP contribution in [0.25, 0.3) is 0 Å². The first-order chi connectivity index (χ1) is 13.1. The van der Waals surface area contributed by atoms with Crippen molar-refractivity contribution in [2.45, 2.75) is 45.7 Å². The molecule has 0 heterocycles. The van der Waals surface area contributed by atoms with Crippen LogP contribution in [0.15, 0.2) is 48.5 Å². The van der Waals surface area contributed by atoms with E-state index in [1.807, 2.05) is 0 Å². The molecular formula is C19H25N2O6P. The number of aromatic hydroxyl groups is 1. The smallest absolute Gasteiger partial charge is 0.357 e. The van der Waals surface area contributed by atoms with Gasteiger partial charge < -0.3 is 19.5 Å². The summed E-state index contributed by atoms with van der Waals surface area (Å²) in [7, 11) is -3.70. The van der Waals surface area contributed by atoms with Crippen LogP contribution in [0.4, 0.5) is 11.4 Å². The molecule has 1 atom stereocenters. The summed E-state index contributed by atoms with van der Waals surface area (Å²) in [6.07, 6.45) is -0.717. The molecule has 0 aliphatic heterocycles. The van der Waals surface area contributed by atoms with Crippen molar-refractivity contribution in [3.63, 3.8) is 0 Å². The van der Waals surface area contributed by atoms with E-state index in [1.54, 1.807) is 39.8 Å². The van der Waals surface area contributed by atoms with E-state index in [0.717, 1.165) is 0 Å². The maximum Gasteiger partial charge on any atom is 0.357 e. The van der Waals surface area contributed by atoms with Gasteiger partial charge >= 0.3 is 7.60 Å². The highest BCUT2D eigenvalue weighted by Gasteiger charge is 2.39. The molecule has 0 spiro atoms. The number of nitrogens with zero attached hydrogens (tertiary/aromatic N) is 1. The van der Waals surface area contributed by atoms with Crippen LogP contribution in [0.3, 0.4) is 0 Å². The minimum Gasteiger partial charge on any atom is -0.508 e. The molecule has 0 fully saturated rings. The van der Waals surface area contributed by atoms with Gasteiger partial charge in [-0.3, -0.25) is 14.7 Å². The van der Waals surface area contributed by atoms with E-state index in [9.17, 15) is 19.8 Å². The van der Waals surface area contributed by atoms with Crippen molar-refractivity contribution in [1.29, 1.82) is 0 Å². The van der Waals surface area contributed by atoms with Gasteiger partial charge in [0.15, 0.2) is 5.78 Å². The number of benzene rings is 2. The standard InChI is InChI=1S/C19H25N2O6P/c1-13(2)26-28(25,27-14(3)4)19(15-5-11-18(22)12-6-15)20-16-7-9-17(10-8-16)21(23)24/h5-14,19-20,22H,1-4H3. The molecule has 1 unspecified atom stereocenters. The Labute approximate surface area is 164 Å². The second-order valence-corrected chi connectivity index (χ2v) is 8.81. The highest BCUT2D eigenvalue weighted by Crippen LogP contribution is 2.62. The minimum atomic E-state index is -3.70. The monoisotopic (exact) mass is 408 g/mol. The summed E-state index contributed by atoms with van der Waals surface area (Å²) in [6.45, 7) is 7.04. The van der Waals surface area contributed by atoms with E-state index in [0.29, 0.717) is 11.3 Å². The van der Waals surface area contributed by atoms with Crippen molar-refractivity contribution in [1.82, 2.24) is 0 Å². The van der Waals surface area contributed by atoms with Crippen molar-refractivity contribution in [3.8, 4) is 5.75 Å². The molecule has 152 valence electrons. The number of hydrogen-bond acceptors (Lipinski definition) is 7. The summed E-state index contributed by atoms with van der Waals surface area (Å²) < 4.78 is 25.2. The fourth-order valence-electron chi connectivity index (χ4n) is 2.57. The molecule has 2 rings (SSSR count). The number of rotatable bonds is 9. The van der Waals surface area contributed by atoms with E-state index >= 15 is 0 Å². The Kier molecular flexibility index (Phi) is 7.18. The third kappa shape index (κ3) is 5.79. The van der Waals surface area contributed by atoms with Crippen LogP contribution in [-0.2, 0) is 13.6 Å². The predicted molar refractivity (Wildman–Crippen MR) is 108 cm³/mol. The van der Waals surface area contributed by atoms with E-state index in [-0.39, 0.29) is 23.6 Å². The molecule has 8 nitrogen and oxygen atoms in total. The van der Waals surface area contributed by atoms with Crippen molar-refractivity contribution < 1.29 is 23.6 Å². The van der Waals surface area contributed by atoms with Gasteiger partial charge in [0.05, 0.1) is 17.1 Å². The summed E-state index contributed by atoms with van der Waals surface area (Å²) in [5.41, 5.74) is 1.05. The van der Waals surface area contributed by atoms with Crippen LogP contribution in [0, 0.1) is 10.1 Å². The fourth-order valence-corrected chi connectivity index (χ4v) is 4.89. The topological polar surface area (TPSA) is 111 Å². The second kappa shape index (κ2) is 9.19. The highest BCUT2D eigenvalue weighted by atomic mass is 31.2. The molecule has 2 aromatic rings. The van der Waals surface area contributed by atoms with E-state index in [2.05, 4.69) is 5.32 Å². The van der Waals surface area contributed by atoms with E-state index in [4.69, 9.17) is 9.05 Å². The van der Waals surface area contributed by atoms with Gasteiger partial charge in [0.1, 0.15) is 5.75 Å². The lowest BCUT2D eigenvalue weighted by atomic mass is 10.2. The zero-order valence-corrected chi connectivity index (χ0v) is 17.1. The molecule has 0 radical (unpaired) electrons. The van der Waals surface area contributed by atoms with Gasteiger partial charge in [0, 0.05) is 17.8 Å². The number of nitro groups is 1. The summed E-state index contributed by atoms with van der Waals surface area (Å²) >= 11 is 0. The van der Waals surface area contributed by atoms with Gasteiger partial charge in [-0.2, -0.15) is 0 Å². The largest absolute Gasteiger partial charge is 0.508 e. The predicted octanol–water partition coefficient (Wildman–Crippen LogP) is 5.45. The number of hydrogen-bond donors (Lipinski definition) is 2. The first kappa shape index (κ1) is 21.9. The molecule has 0 amide bonds. The lowest BCUT2D eigenvalue weighted by molar-refractivity contribution is -0.384. The van der Waals surface area contributed by atoms with Crippen LogP contribution in [0.1, 0.15) is 39.0 Å². The summed E-state index contributed by atoms with van der Waals surface area (Å²) in [6, 6.07) is 12.0. The van der Waals surface area contributed by atoms with Crippen molar-refractivity contribution >= 4 is 19.0 Å². The van der Waals surface area contributed by atoms with Crippen LogP contribution in [-0.4, -0.2) is 22.2 Å². The maximum absolute atomic E-state index is 13.7. The zero-order valence-electron chi connectivity index (χ0n) is 16.2. The summed E-state index contributed by atoms with van der Waals surface area (Å²) in [4.78, 5) is 10.4. The Balaban J connectivity index is 2.46. The third-order valence-corrected chi connectivity index (χ3v) is 6.11. The average molecular weight is 408 g/mol. The number of nitrogens with one attached hydrogen (secondary N) is 1. The molecule has 2 N–H and O–H groups in total. The molecule has 0 aromatic heterocycles. The lowest BCUT2D eigenvalue weighted by Gasteiger charge is -2.31. The number of non-ortho nitro benzene ring substituents is 1. The van der Waals surface area contributed by atoms with Gasteiger partial charge in [0.2, 0.25) is 0 Å². The van der Waals surface area contributed by atoms with Crippen molar-refractivity contribution in [3.05, 3.63) is 64.2 Å². The van der Waals surface area contributed by atoms with Crippen LogP contribution in [0.5, 0.6) is 5.75 Å². The van der Waals surface area contributed by atoms with E-state index in [1.165, 1.54) is 36.4 Å². The summed E-state index contributed by atoms with van der Waals surface area (Å²) in [5, 5.41) is 23.6. The normalized spacial score (nSPS) is 12.9. The Morgan fingerprint density at radius 1 is 0.964 bits per heavy atom. The lowest BCUT2D eigenvalue weighted by Crippen LogP contribution is -2.19. The third-order valence-electron chi connectivity index (χ3n) is 3.62. The maximum atomic E-state index is 13.7. The summed E-state index contributed by atoms with van der Waals surface area (Å²) in [5.74, 6) is -0.804. The number of phenolic OH excluding ortho intramolecular Hbond substituents is 1. The molecular weight excluding hydrogens is 383 g/mol. The first-order valence-electron chi connectivity index (χ1n) is 8.87. The quantitative estimate of drug-likeness (QED) is 0.322. The Bertz CT molecular complexity index is 823. The van der Waals surface area contributed by atoms with Gasteiger partial charge in [-0.05, 0) is 57.5 Å². The van der Waals surface area contributed by atoms with Gasteiger partial charge in [-0.25, -0.2) is 0 Å². The Morgan fingerprint density at radius 3 is 1.89 bits per heavy atom. The zero-order chi connectivity index (χ0) is 20.9. The van der Waals surface area contributed by atoms with Crippen molar-refractivity contribution in [2.24, 2.45) is 0 Å². The van der Waals surface area contributed by atoms with Gasteiger partial charge in [-0.15, -0.1) is 0 Å². The Hall–Kier alpha value is -2.41. The SMILES string of the molecule is CC(C)OP(=O)(OC(C)C)C(Nc1ccc([N+](=O)[O-])cc1)c1ccc(O)cc1. The average Bonchev–Trinajstić information content (AvgIpc) is 2.59. The van der Waals surface area contributed by atoms with Gasteiger partial charge in [-0.1, -0.05) is 12.1 Å². The molecule has 0 aliphatic carbocycles. The minimum absolute atomic E-state index is 0.0493. The molecule has 9 heteroatoms. The number of nitro benzene ring substituents is 1. The fraction of sp³-hybridized carbons (Fsp3) is 0.368.